The molecule has 1 saturated heterocycles. The molecule has 2 aromatic carbocycles. The average Bonchev–Trinajstić information content (AvgIpc) is 3.16. The van der Waals surface area contributed by atoms with Gasteiger partial charge in [-0.2, -0.15) is 0 Å². The predicted molar refractivity (Wildman–Crippen MR) is 128 cm³/mol. The number of hydrogen-bond donors (Lipinski definition) is 1. The SMILES string of the molecule is Cc1ccccc1N1CCN(c2nccn3c(=O)n(CC(=O)Nc4ccccc4F)nc23)CC1. The Labute approximate surface area is 195 Å². The van der Waals surface area contributed by atoms with Crippen LogP contribution in [-0.2, 0) is 11.3 Å². The molecule has 0 saturated carbocycles. The summed E-state index contributed by atoms with van der Waals surface area (Å²) in [6, 6.07) is 14.2. The van der Waals surface area contributed by atoms with E-state index in [2.05, 4.69) is 44.3 Å². The van der Waals surface area contributed by atoms with Gasteiger partial charge in [-0.15, -0.1) is 5.10 Å². The summed E-state index contributed by atoms with van der Waals surface area (Å²) in [5.41, 5.74) is 2.43. The summed E-state index contributed by atoms with van der Waals surface area (Å²) < 4.78 is 16.3. The molecule has 0 spiro atoms. The van der Waals surface area contributed by atoms with E-state index in [0.717, 1.165) is 30.9 Å². The molecule has 1 aliphatic heterocycles. The molecule has 3 heterocycles. The Bertz CT molecular complexity index is 1410. The average molecular weight is 462 g/mol. The van der Waals surface area contributed by atoms with E-state index in [1.54, 1.807) is 12.3 Å². The van der Waals surface area contributed by atoms with Crippen LogP contribution in [0.5, 0.6) is 0 Å². The van der Waals surface area contributed by atoms with E-state index in [9.17, 15) is 14.0 Å². The van der Waals surface area contributed by atoms with Crippen molar-refractivity contribution in [2.24, 2.45) is 0 Å². The largest absolute Gasteiger partial charge is 0.368 e. The first-order valence-corrected chi connectivity index (χ1v) is 11.1. The number of carbonyl (C=O) groups is 1. The molecule has 10 heteroatoms. The van der Waals surface area contributed by atoms with Crippen LogP contribution in [0.25, 0.3) is 5.65 Å². The minimum absolute atomic E-state index is 0.0539. The van der Waals surface area contributed by atoms with Crippen molar-refractivity contribution in [3.8, 4) is 0 Å². The Morgan fingerprint density at radius 3 is 2.50 bits per heavy atom. The summed E-state index contributed by atoms with van der Waals surface area (Å²) in [4.78, 5) is 34.2. The van der Waals surface area contributed by atoms with E-state index >= 15 is 0 Å². The quantitative estimate of drug-likeness (QED) is 0.491. The number of benzene rings is 2. The van der Waals surface area contributed by atoms with Crippen LogP contribution in [0.15, 0.2) is 65.7 Å². The summed E-state index contributed by atoms with van der Waals surface area (Å²) in [6.45, 7) is 4.82. The van der Waals surface area contributed by atoms with Crippen LogP contribution in [0.4, 0.5) is 21.6 Å². The van der Waals surface area contributed by atoms with Crippen LogP contribution < -0.4 is 20.8 Å². The molecular weight excluding hydrogens is 437 g/mol. The summed E-state index contributed by atoms with van der Waals surface area (Å²) in [6.07, 6.45) is 3.09. The van der Waals surface area contributed by atoms with Crippen LogP contribution >= 0.6 is 0 Å². The number of nitrogens with one attached hydrogen (secondary N) is 1. The van der Waals surface area contributed by atoms with Gasteiger partial charge in [0.2, 0.25) is 11.6 Å². The third-order valence-corrected chi connectivity index (χ3v) is 5.96. The number of carbonyl (C=O) groups excluding carboxylic acids is 1. The molecule has 0 bridgehead atoms. The van der Waals surface area contributed by atoms with Gasteiger partial charge in [-0.25, -0.2) is 23.3 Å². The number of fused-ring (bicyclic) bond motifs is 1. The van der Waals surface area contributed by atoms with Crippen LogP contribution in [0.1, 0.15) is 5.56 Å². The van der Waals surface area contributed by atoms with Gasteiger partial charge in [0.1, 0.15) is 12.4 Å². The highest BCUT2D eigenvalue weighted by molar-refractivity contribution is 5.90. The smallest absolute Gasteiger partial charge is 0.350 e. The van der Waals surface area contributed by atoms with Crippen molar-refractivity contribution in [2.75, 3.05) is 41.3 Å². The highest BCUT2D eigenvalue weighted by atomic mass is 19.1. The molecule has 2 aromatic heterocycles. The fourth-order valence-electron chi connectivity index (χ4n) is 4.23. The molecule has 9 nitrogen and oxygen atoms in total. The van der Waals surface area contributed by atoms with Crippen molar-refractivity contribution >= 4 is 28.7 Å². The molecule has 0 atom stereocenters. The summed E-state index contributed by atoms with van der Waals surface area (Å²) in [5, 5.41) is 6.86. The Morgan fingerprint density at radius 2 is 1.74 bits per heavy atom. The van der Waals surface area contributed by atoms with Crippen LogP contribution in [-0.4, -0.2) is 51.3 Å². The zero-order valence-electron chi connectivity index (χ0n) is 18.7. The van der Waals surface area contributed by atoms with Crippen LogP contribution in [0.2, 0.25) is 0 Å². The number of piperazine rings is 1. The van der Waals surface area contributed by atoms with Crippen LogP contribution in [0.3, 0.4) is 0 Å². The van der Waals surface area contributed by atoms with Crippen molar-refractivity contribution in [3.63, 3.8) is 0 Å². The van der Waals surface area contributed by atoms with E-state index < -0.39 is 17.4 Å². The standard InChI is InChI=1S/C24H24FN7O2/c1-17-6-2-5-9-20(17)29-12-14-30(15-13-29)22-23-28-32(24(34)31(23)11-10-26-22)16-21(33)27-19-8-4-3-7-18(19)25/h2-11H,12-16H2,1H3,(H,27,33). The number of aromatic nitrogens is 4. The van der Waals surface area contributed by atoms with Crippen LogP contribution in [0, 0.1) is 12.7 Å². The number of aryl methyl sites for hydroxylation is 1. The first-order chi connectivity index (χ1) is 16.5. The van der Waals surface area contributed by atoms with Crippen molar-refractivity contribution < 1.29 is 9.18 Å². The fourth-order valence-corrected chi connectivity index (χ4v) is 4.23. The predicted octanol–water partition coefficient (Wildman–Crippen LogP) is 2.30. The van der Waals surface area contributed by atoms with Gasteiger partial charge in [-0.1, -0.05) is 30.3 Å². The second kappa shape index (κ2) is 8.97. The summed E-state index contributed by atoms with van der Waals surface area (Å²) in [7, 11) is 0. The Morgan fingerprint density at radius 1 is 1.03 bits per heavy atom. The fraction of sp³-hybridized carbons (Fsp3) is 0.250. The minimum atomic E-state index is -0.547. The molecular formula is C24H24FN7O2. The zero-order chi connectivity index (χ0) is 23.7. The van der Waals surface area contributed by atoms with Gasteiger partial charge in [0.05, 0.1) is 5.69 Å². The number of amides is 1. The van der Waals surface area contributed by atoms with Gasteiger partial charge in [0, 0.05) is 44.3 Å². The number of hydrogen-bond acceptors (Lipinski definition) is 6. The molecule has 1 amide bonds. The van der Waals surface area contributed by atoms with Crippen molar-refractivity contribution in [3.05, 3.63) is 82.8 Å². The Balaban J connectivity index is 1.34. The Kier molecular flexibility index (Phi) is 5.70. The third-order valence-electron chi connectivity index (χ3n) is 5.96. The zero-order valence-corrected chi connectivity index (χ0v) is 18.7. The maximum absolute atomic E-state index is 13.8. The van der Waals surface area contributed by atoms with E-state index in [1.165, 1.54) is 40.0 Å². The maximum Gasteiger partial charge on any atom is 0.350 e. The lowest BCUT2D eigenvalue weighted by atomic mass is 10.1. The molecule has 1 N–H and O–H groups in total. The topological polar surface area (TPSA) is 87.8 Å². The monoisotopic (exact) mass is 461 g/mol. The summed E-state index contributed by atoms with van der Waals surface area (Å²) in [5.74, 6) is -0.497. The van der Waals surface area contributed by atoms with Gasteiger partial charge in [0.15, 0.2) is 5.82 Å². The first kappa shape index (κ1) is 21.6. The molecule has 34 heavy (non-hydrogen) atoms. The third kappa shape index (κ3) is 4.09. The normalized spacial score (nSPS) is 13.9. The van der Waals surface area contributed by atoms with Crippen molar-refractivity contribution in [1.29, 1.82) is 0 Å². The van der Waals surface area contributed by atoms with E-state index in [1.807, 2.05) is 12.1 Å². The minimum Gasteiger partial charge on any atom is -0.368 e. The lowest BCUT2D eigenvalue weighted by Gasteiger charge is -2.37. The lowest BCUT2D eigenvalue weighted by molar-refractivity contribution is -0.117. The summed E-state index contributed by atoms with van der Waals surface area (Å²) >= 11 is 0. The van der Waals surface area contributed by atoms with E-state index in [0.29, 0.717) is 11.5 Å². The van der Waals surface area contributed by atoms with E-state index in [-0.39, 0.29) is 12.2 Å². The van der Waals surface area contributed by atoms with Gasteiger partial charge >= 0.3 is 5.69 Å². The number of anilines is 3. The van der Waals surface area contributed by atoms with E-state index in [4.69, 9.17) is 0 Å². The number of rotatable bonds is 5. The van der Waals surface area contributed by atoms with Gasteiger partial charge in [0.25, 0.3) is 0 Å². The second-order valence-corrected chi connectivity index (χ2v) is 8.17. The maximum atomic E-state index is 13.8. The molecule has 174 valence electrons. The molecule has 5 rings (SSSR count). The highest BCUT2D eigenvalue weighted by Crippen LogP contribution is 2.23. The molecule has 0 unspecified atom stereocenters. The Hall–Kier alpha value is -4.21. The molecule has 1 aliphatic rings. The molecule has 1 fully saturated rings. The first-order valence-electron chi connectivity index (χ1n) is 11.1. The molecule has 0 radical (unpaired) electrons. The van der Waals surface area contributed by atoms with Gasteiger partial charge < -0.3 is 15.1 Å². The number of halogens is 1. The number of para-hydroxylation sites is 2. The molecule has 0 aliphatic carbocycles. The van der Waals surface area contributed by atoms with Crippen molar-refractivity contribution in [1.82, 2.24) is 19.2 Å². The number of nitrogens with zero attached hydrogens (tertiary/aromatic N) is 6. The van der Waals surface area contributed by atoms with Gasteiger partial charge in [-0.3, -0.25) is 4.79 Å². The van der Waals surface area contributed by atoms with Crippen molar-refractivity contribution in [2.45, 2.75) is 13.5 Å². The van der Waals surface area contributed by atoms with Gasteiger partial charge in [-0.05, 0) is 30.7 Å². The molecule has 4 aromatic rings. The highest BCUT2D eigenvalue weighted by Gasteiger charge is 2.23. The lowest BCUT2D eigenvalue weighted by Crippen LogP contribution is -2.47. The second-order valence-electron chi connectivity index (χ2n) is 8.17.